The van der Waals surface area contributed by atoms with Gasteiger partial charge in [0.25, 0.3) is 17.5 Å². The number of benzene rings is 2. The molecular weight excluding hydrogens is 641 g/mol. The minimum atomic E-state index is -1.94. The summed E-state index contributed by atoms with van der Waals surface area (Å²) in [6.45, 7) is 0. The van der Waals surface area contributed by atoms with Crippen molar-refractivity contribution in [2.45, 2.75) is 0 Å². The van der Waals surface area contributed by atoms with Crippen LogP contribution >= 0.6 is 35.0 Å². The second-order valence-electron chi connectivity index (χ2n) is 4.82. The van der Waals surface area contributed by atoms with Crippen molar-refractivity contribution >= 4 is 58.4 Å². The first-order valence-corrected chi connectivity index (χ1v) is 9.31. The van der Waals surface area contributed by atoms with Crippen molar-refractivity contribution in [3.05, 3.63) is 70.3 Å². The topological polar surface area (TPSA) is 146 Å². The Kier molecular flexibility index (Phi) is 20.1. The molecule has 0 bridgehead atoms. The monoisotopic (exact) mass is 654 g/mol. The number of hydrogen-bond acceptors (Lipinski definition) is 4. The molecule has 5 N–H and O–H groups in total. The van der Waals surface area contributed by atoms with Crippen LogP contribution in [0.5, 0.6) is 0 Å². The zero-order chi connectivity index (χ0) is 23.8. The quantitative estimate of drug-likeness (QED) is 0.130. The number of carboxylic acids is 1. The fourth-order valence-corrected chi connectivity index (χ4v) is 1.64. The molecule has 183 valence electrons. The van der Waals surface area contributed by atoms with E-state index in [4.69, 9.17) is 5.11 Å². The van der Waals surface area contributed by atoms with Crippen LogP contribution in [0.25, 0.3) is 0 Å². The molecule has 7 nitrogen and oxygen atoms in total. The smallest absolute Gasteiger partial charge is 0.377 e. The minimum Gasteiger partial charge on any atom is -0.475 e. The van der Waals surface area contributed by atoms with Crippen molar-refractivity contribution in [2.24, 2.45) is 5.73 Å². The first-order chi connectivity index (χ1) is 13.9. The number of carbonyl (C=O) groups excluding carboxylic acids is 3. The molecule has 33 heavy (non-hydrogen) atoms. The Balaban J connectivity index is -0.000000218. The molecule has 2 rings (SSSR count). The van der Waals surface area contributed by atoms with E-state index in [1.807, 2.05) is 4.93 Å². The number of halogens is 8. The first-order valence-electron chi connectivity index (χ1n) is 7.15. The molecule has 0 aromatic heterocycles. The van der Waals surface area contributed by atoms with E-state index in [0.29, 0.717) is 0 Å². The van der Waals surface area contributed by atoms with Crippen LogP contribution in [0.2, 0.25) is 0 Å². The Morgan fingerprint density at radius 2 is 0.970 bits per heavy atom. The molecule has 0 fully saturated rings. The number of hydrogen-bond donors (Lipinski definition) is 2. The molecule has 0 aliphatic heterocycles. The molecule has 0 spiro atoms. The first kappa shape index (κ1) is 38.1. The summed E-state index contributed by atoms with van der Waals surface area (Å²) in [5.74, 6) is -14.9. The normalized spacial score (nSPS) is 8.61. The van der Waals surface area contributed by atoms with E-state index in [-0.39, 0.29) is 60.7 Å². The van der Waals surface area contributed by atoms with Crippen molar-refractivity contribution in [1.82, 2.24) is 0 Å². The molecule has 1 amide bonds. The van der Waals surface area contributed by atoms with Gasteiger partial charge in [0.2, 0.25) is 0 Å². The predicted molar refractivity (Wildman–Crippen MR) is 109 cm³/mol. The summed E-state index contributed by atoms with van der Waals surface area (Å²) in [6.07, 6.45) is 0. The number of primary amides is 1. The van der Waals surface area contributed by atoms with Crippen molar-refractivity contribution in [1.29, 1.82) is 0 Å². The Bertz CT molecular complexity index is 935. The molecule has 0 saturated heterocycles. The fourth-order valence-electron chi connectivity index (χ4n) is 1.64. The number of ketones is 2. The largest absolute Gasteiger partial charge is 0.475 e. The third-order valence-electron chi connectivity index (χ3n) is 2.93. The zero-order valence-electron chi connectivity index (χ0n) is 16.0. The number of aliphatic carboxylic acids is 1. The predicted octanol–water partition coefficient (Wildman–Crippen LogP) is 2.79. The van der Waals surface area contributed by atoms with E-state index in [1.54, 1.807) is 0 Å². The van der Waals surface area contributed by atoms with Crippen LogP contribution in [-0.2, 0) is 28.1 Å². The number of alkyl halides is 1. The third-order valence-corrected chi connectivity index (χ3v) is 2.93. The summed E-state index contributed by atoms with van der Waals surface area (Å²) < 4.78 is 75.3. The zero-order valence-corrected chi connectivity index (χ0v) is 20.3. The average Bonchev–Trinajstić information content (AvgIpc) is 2.68. The van der Waals surface area contributed by atoms with Crippen LogP contribution in [0.15, 0.2) is 24.3 Å². The standard InChI is InChI=1S/C8H4F3NO2.C8H3F3O3.CH3I.ClH.H2O.V/c9-4-2-6(11)5(10)1-3(4)7(13)8(12)14;9-4-2-6(11)5(10)1-3(4)7(12)8(13)14;1-2;;;/h1-2H,(H2,12,14);1-2H,(H,13,14);1H3;1H;1H2;. The second kappa shape index (κ2) is 17.4. The number of rotatable bonds is 4. The summed E-state index contributed by atoms with van der Waals surface area (Å²) in [7, 11) is 0. The van der Waals surface area contributed by atoms with E-state index < -0.39 is 69.5 Å². The van der Waals surface area contributed by atoms with Crippen LogP contribution in [-0.4, -0.2) is 39.0 Å². The van der Waals surface area contributed by atoms with E-state index in [0.717, 1.165) is 0 Å². The van der Waals surface area contributed by atoms with Gasteiger partial charge in [-0.2, -0.15) is 0 Å². The van der Waals surface area contributed by atoms with Crippen molar-refractivity contribution in [3.63, 3.8) is 0 Å². The molecule has 0 heterocycles. The molecule has 0 unspecified atom stereocenters. The average molecular weight is 655 g/mol. The Morgan fingerprint density at radius 1 is 0.697 bits per heavy atom. The van der Waals surface area contributed by atoms with Gasteiger partial charge in [0, 0.05) is 30.7 Å². The molecule has 0 atom stereocenters. The van der Waals surface area contributed by atoms with Gasteiger partial charge < -0.3 is 16.3 Å². The SMILES string of the molecule is CI.Cl.NC(=O)C(=O)c1cc(F)c(F)cc1F.O.O=C(O)C(=O)c1cc(F)c(F)cc1F.[V]. The summed E-state index contributed by atoms with van der Waals surface area (Å²) in [6, 6.07) is 0.788. The summed E-state index contributed by atoms with van der Waals surface area (Å²) in [4.78, 5) is 43.9. The van der Waals surface area contributed by atoms with Gasteiger partial charge in [0.15, 0.2) is 23.3 Å². The van der Waals surface area contributed by atoms with E-state index in [9.17, 15) is 45.5 Å². The van der Waals surface area contributed by atoms with Crippen molar-refractivity contribution in [3.8, 4) is 0 Å². The number of Topliss-reactive ketones (excluding diaryl/α,β-unsaturated/α-hetero) is 2. The van der Waals surface area contributed by atoms with Gasteiger partial charge >= 0.3 is 5.97 Å². The van der Waals surface area contributed by atoms with Crippen LogP contribution < -0.4 is 5.73 Å². The minimum absolute atomic E-state index is 0. The molecule has 16 heteroatoms. The molecule has 1 radical (unpaired) electrons. The molecule has 0 aliphatic rings. The Labute approximate surface area is 213 Å². The van der Waals surface area contributed by atoms with Crippen molar-refractivity contribution < 1.29 is 74.7 Å². The van der Waals surface area contributed by atoms with Gasteiger partial charge in [-0.25, -0.2) is 31.1 Å². The Morgan fingerprint density at radius 3 is 1.24 bits per heavy atom. The van der Waals surface area contributed by atoms with E-state index in [2.05, 4.69) is 28.3 Å². The van der Waals surface area contributed by atoms with E-state index >= 15 is 0 Å². The molecule has 2 aromatic rings. The Hall–Kier alpha value is -2.14. The number of nitrogens with two attached hydrogens (primary N) is 1. The van der Waals surface area contributed by atoms with Gasteiger partial charge in [-0.3, -0.25) is 14.4 Å². The molecular formula is C17H13ClF6INO6V. The van der Waals surface area contributed by atoms with Crippen LogP contribution in [0.3, 0.4) is 0 Å². The van der Waals surface area contributed by atoms with Crippen LogP contribution in [0.1, 0.15) is 20.7 Å². The second-order valence-corrected chi connectivity index (χ2v) is 4.82. The van der Waals surface area contributed by atoms with Gasteiger partial charge in [-0.15, -0.1) is 12.4 Å². The van der Waals surface area contributed by atoms with Gasteiger partial charge in [-0.05, 0) is 17.1 Å². The number of carbonyl (C=O) groups is 4. The maximum absolute atomic E-state index is 12.8. The number of amides is 1. The summed E-state index contributed by atoms with van der Waals surface area (Å²) >= 11 is 2.15. The van der Waals surface area contributed by atoms with E-state index in [1.165, 1.54) is 0 Å². The third kappa shape index (κ3) is 11.0. The maximum atomic E-state index is 12.8. The van der Waals surface area contributed by atoms with Crippen molar-refractivity contribution in [2.75, 3.05) is 4.93 Å². The van der Waals surface area contributed by atoms with Gasteiger partial charge in [-0.1, -0.05) is 22.6 Å². The summed E-state index contributed by atoms with van der Waals surface area (Å²) in [5.41, 5.74) is 2.67. The van der Waals surface area contributed by atoms with Crippen LogP contribution in [0, 0.1) is 34.9 Å². The summed E-state index contributed by atoms with van der Waals surface area (Å²) in [5, 5.41) is 8.19. The maximum Gasteiger partial charge on any atom is 0.377 e. The van der Waals surface area contributed by atoms with Gasteiger partial charge in [0.1, 0.15) is 11.6 Å². The van der Waals surface area contributed by atoms with Gasteiger partial charge in [0.05, 0.1) is 11.1 Å². The van der Waals surface area contributed by atoms with Crippen LogP contribution in [0.4, 0.5) is 26.3 Å². The fraction of sp³-hybridized carbons (Fsp3) is 0.0588. The molecule has 0 aliphatic carbocycles. The molecule has 0 saturated carbocycles. The number of carboxylic acid groups (broad SMARTS) is 1. The molecule has 2 aromatic carbocycles.